The van der Waals surface area contributed by atoms with Gasteiger partial charge >= 0.3 is 6.01 Å². The number of carbonyl (C=O) groups excluding carboxylic acids is 3. The smallest absolute Gasteiger partial charge is 0.322 e. The van der Waals surface area contributed by atoms with Crippen LogP contribution in [0.25, 0.3) is 0 Å². The predicted octanol–water partition coefficient (Wildman–Crippen LogP) is 3.65. The highest BCUT2D eigenvalue weighted by Gasteiger charge is 2.40. The van der Waals surface area contributed by atoms with E-state index in [4.69, 9.17) is 4.74 Å². The van der Waals surface area contributed by atoms with Gasteiger partial charge in [0.25, 0.3) is 11.8 Å². The van der Waals surface area contributed by atoms with E-state index in [-0.39, 0.29) is 22.9 Å². The lowest BCUT2D eigenvalue weighted by atomic mass is 10.1. The quantitative estimate of drug-likeness (QED) is 0.615. The van der Waals surface area contributed by atoms with Crippen LogP contribution in [0.2, 0.25) is 0 Å². The molecule has 0 bridgehead atoms. The molecule has 1 atom stereocenters. The van der Waals surface area contributed by atoms with Crippen LogP contribution in [-0.4, -0.2) is 38.6 Å². The van der Waals surface area contributed by atoms with Gasteiger partial charge < -0.3 is 10.1 Å². The number of para-hydroxylation sites is 1. The summed E-state index contributed by atoms with van der Waals surface area (Å²) in [5.74, 6) is -2.20. The first-order chi connectivity index (χ1) is 15.3. The highest BCUT2D eigenvalue weighted by Crippen LogP contribution is 2.27. The number of aryl methyl sites for hydroxylation is 2. The van der Waals surface area contributed by atoms with Crippen molar-refractivity contribution in [2.45, 2.75) is 26.8 Å². The molecule has 0 fully saturated rings. The Morgan fingerprint density at radius 2 is 1.50 bits per heavy atom. The summed E-state index contributed by atoms with van der Waals surface area (Å²) in [7, 11) is 0. The fraction of sp³-hybridized carbons (Fsp3) is 0.174. The molecule has 0 saturated carbocycles. The van der Waals surface area contributed by atoms with Gasteiger partial charge in [-0.2, -0.15) is 9.97 Å². The Morgan fingerprint density at radius 3 is 2.06 bits per heavy atom. The SMILES string of the molecule is Cc1nc(Oc2ccccc2F)nc(C)c1NC(=O)C(C)N1C(=O)c2ccccc2C1=O. The molecule has 4 rings (SSSR count). The molecule has 1 unspecified atom stereocenters. The van der Waals surface area contributed by atoms with Crippen molar-refractivity contribution in [3.8, 4) is 11.8 Å². The van der Waals surface area contributed by atoms with E-state index in [1.54, 1.807) is 44.2 Å². The Balaban J connectivity index is 1.53. The average molecular weight is 434 g/mol. The highest BCUT2D eigenvalue weighted by atomic mass is 19.1. The number of hydrogen-bond acceptors (Lipinski definition) is 6. The van der Waals surface area contributed by atoms with Crippen LogP contribution < -0.4 is 10.1 Å². The third-order valence-electron chi connectivity index (χ3n) is 5.13. The molecule has 0 spiro atoms. The van der Waals surface area contributed by atoms with Gasteiger partial charge in [-0.25, -0.2) is 4.39 Å². The normalized spacial score (nSPS) is 13.7. The van der Waals surface area contributed by atoms with Crippen molar-refractivity contribution >= 4 is 23.4 Å². The van der Waals surface area contributed by atoms with E-state index < -0.39 is 29.6 Å². The molecule has 1 aliphatic rings. The van der Waals surface area contributed by atoms with Crippen molar-refractivity contribution in [1.82, 2.24) is 14.9 Å². The van der Waals surface area contributed by atoms with Gasteiger partial charge in [-0.05, 0) is 45.0 Å². The number of ether oxygens (including phenoxy) is 1. The topological polar surface area (TPSA) is 101 Å². The Bertz CT molecular complexity index is 1200. The average Bonchev–Trinajstić information content (AvgIpc) is 3.02. The number of nitrogens with zero attached hydrogens (tertiary/aromatic N) is 3. The van der Waals surface area contributed by atoms with Crippen molar-refractivity contribution in [3.63, 3.8) is 0 Å². The first-order valence-electron chi connectivity index (χ1n) is 9.83. The van der Waals surface area contributed by atoms with Crippen LogP contribution in [0.3, 0.4) is 0 Å². The number of anilines is 1. The van der Waals surface area contributed by atoms with E-state index in [0.717, 1.165) is 4.90 Å². The summed E-state index contributed by atoms with van der Waals surface area (Å²) in [5, 5.41) is 2.69. The van der Waals surface area contributed by atoms with Crippen molar-refractivity contribution in [2.75, 3.05) is 5.32 Å². The zero-order valence-electron chi connectivity index (χ0n) is 17.5. The summed E-state index contributed by atoms with van der Waals surface area (Å²) >= 11 is 0. The molecule has 0 saturated heterocycles. The third-order valence-corrected chi connectivity index (χ3v) is 5.13. The van der Waals surface area contributed by atoms with E-state index in [9.17, 15) is 18.8 Å². The second-order valence-electron chi connectivity index (χ2n) is 7.28. The zero-order chi connectivity index (χ0) is 23.0. The highest BCUT2D eigenvalue weighted by molar-refractivity contribution is 6.23. The Labute approximate surface area is 183 Å². The maximum Gasteiger partial charge on any atom is 0.322 e. The van der Waals surface area contributed by atoms with Gasteiger partial charge in [0.05, 0.1) is 28.2 Å². The number of halogens is 1. The summed E-state index contributed by atoms with van der Waals surface area (Å²) in [6.45, 7) is 4.73. The van der Waals surface area contributed by atoms with Gasteiger partial charge in [0.2, 0.25) is 5.91 Å². The van der Waals surface area contributed by atoms with Crippen LogP contribution in [-0.2, 0) is 4.79 Å². The van der Waals surface area contributed by atoms with E-state index in [0.29, 0.717) is 17.1 Å². The van der Waals surface area contributed by atoms with Crippen molar-refractivity contribution < 1.29 is 23.5 Å². The molecule has 0 radical (unpaired) electrons. The van der Waals surface area contributed by atoms with E-state index in [1.165, 1.54) is 25.1 Å². The van der Waals surface area contributed by atoms with Crippen LogP contribution in [0.15, 0.2) is 48.5 Å². The number of rotatable bonds is 5. The molecular formula is C23H19FN4O4. The summed E-state index contributed by atoms with van der Waals surface area (Å²) < 4.78 is 19.2. The molecule has 8 nitrogen and oxygen atoms in total. The lowest BCUT2D eigenvalue weighted by Gasteiger charge is -2.22. The summed E-state index contributed by atoms with van der Waals surface area (Å²) in [6.07, 6.45) is 0. The van der Waals surface area contributed by atoms with Crippen molar-refractivity contribution in [3.05, 3.63) is 76.9 Å². The largest absolute Gasteiger partial charge is 0.421 e. The zero-order valence-corrected chi connectivity index (χ0v) is 17.5. The van der Waals surface area contributed by atoms with Gasteiger partial charge in [-0.1, -0.05) is 24.3 Å². The minimum atomic E-state index is -1.06. The maximum atomic E-state index is 13.8. The summed E-state index contributed by atoms with van der Waals surface area (Å²) in [6, 6.07) is 11.1. The van der Waals surface area contributed by atoms with Gasteiger partial charge in [0.15, 0.2) is 11.6 Å². The predicted molar refractivity (Wildman–Crippen MR) is 113 cm³/mol. The Morgan fingerprint density at radius 1 is 0.969 bits per heavy atom. The first-order valence-corrected chi connectivity index (χ1v) is 9.83. The second kappa shape index (κ2) is 8.18. The molecule has 1 aliphatic heterocycles. The monoisotopic (exact) mass is 434 g/mol. The molecule has 1 N–H and O–H groups in total. The molecule has 162 valence electrons. The van der Waals surface area contributed by atoms with Gasteiger partial charge in [0.1, 0.15) is 6.04 Å². The number of aromatic nitrogens is 2. The maximum absolute atomic E-state index is 13.8. The number of benzene rings is 2. The molecule has 32 heavy (non-hydrogen) atoms. The van der Waals surface area contributed by atoms with Crippen LogP contribution in [0, 0.1) is 19.7 Å². The lowest BCUT2D eigenvalue weighted by Crippen LogP contribution is -2.45. The number of imide groups is 1. The van der Waals surface area contributed by atoms with Crippen LogP contribution in [0.4, 0.5) is 10.1 Å². The minimum Gasteiger partial charge on any atom is -0.421 e. The van der Waals surface area contributed by atoms with Crippen molar-refractivity contribution in [1.29, 1.82) is 0 Å². The Hall–Kier alpha value is -4.14. The fourth-order valence-electron chi connectivity index (χ4n) is 3.44. The number of nitrogens with one attached hydrogen (secondary N) is 1. The Kier molecular flexibility index (Phi) is 5.40. The minimum absolute atomic E-state index is 0.0256. The third kappa shape index (κ3) is 3.68. The number of fused-ring (bicyclic) bond motifs is 1. The van der Waals surface area contributed by atoms with E-state index in [1.807, 2.05) is 0 Å². The van der Waals surface area contributed by atoms with E-state index >= 15 is 0 Å². The van der Waals surface area contributed by atoms with Crippen LogP contribution in [0.5, 0.6) is 11.8 Å². The van der Waals surface area contributed by atoms with Crippen molar-refractivity contribution in [2.24, 2.45) is 0 Å². The second-order valence-corrected chi connectivity index (χ2v) is 7.28. The molecule has 0 aliphatic carbocycles. The fourth-order valence-corrected chi connectivity index (χ4v) is 3.44. The lowest BCUT2D eigenvalue weighted by molar-refractivity contribution is -0.119. The van der Waals surface area contributed by atoms with E-state index in [2.05, 4.69) is 15.3 Å². The summed E-state index contributed by atoms with van der Waals surface area (Å²) in [4.78, 5) is 47.4. The molecule has 3 aromatic rings. The van der Waals surface area contributed by atoms with Crippen LogP contribution in [0.1, 0.15) is 39.0 Å². The van der Waals surface area contributed by atoms with Crippen LogP contribution >= 0.6 is 0 Å². The van der Waals surface area contributed by atoms with Gasteiger partial charge in [0, 0.05) is 0 Å². The number of carbonyl (C=O) groups is 3. The molecule has 1 aromatic heterocycles. The molecule has 9 heteroatoms. The standard InChI is InChI=1S/C23H19FN4O4/c1-12-19(13(2)26-23(25-12)32-18-11-7-6-10-17(18)24)27-20(29)14(3)28-21(30)15-8-4-5-9-16(15)22(28)31/h4-11,14H,1-3H3,(H,27,29). The molecular weight excluding hydrogens is 415 g/mol. The van der Waals surface area contributed by atoms with Gasteiger partial charge in [-0.15, -0.1) is 0 Å². The number of hydrogen-bond donors (Lipinski definition) is 1. The molecule has 2 heterocycles. The van der Waals surface area contributed by atoms with Gasteiger partial charge in [-0.3, -0.25) is 19.3 Å². The molecule has 3 amide bonds. The first kappa shape index (κ1) is 21.1. The number of amides is 3. The molecule has 2 aromatic carbocycles. The summed E-state index contributed by atoms with van der Waals surface area (Å²) in [5.41, 5.74) is 1.61.